The van der Waals surface area contributed by atoms with Crippen LogP contribution in [0.25, 0.3) is 0 Å². The quantitative estimate of drug-likeness (QED) is 0.838. The van der Waals surface area contributed by atoms with Crippen LogP contribution in [-0.2, 0) is 14.3 Å². The molecule has 0 unspecified atom stereocenters. The van der Waals surface area contributed by atoms with Gasteiger partial charge in [-0.15, -0.1) is 0 Å². The number of piperidine rings is 1. The average molecular weight is 324 g/mol. The van der Waals surface area contributed by atoms with Gasteiger partial charge in [-0.3, -0.25) is 9.59 Å². The Labute approximate surface area is 137 Å². The van der Waals surface area contributed by atoms with Crippen LogP contribution in [0.2, 0.25) is 0 Å². The Bertz CT molecular complexity index is 442. The van der Waals surface area contributed by atoms with Crippen LogP contribution in [0.5, 0.6) is 0 Å². The van der Waals surface area contributed by atoms with Gasteiger partial charge >= 0.3 is 0 Å². The highest BCUT2D eigenvalue weighted by atomic mass is 16.5. The first kappa shape index (κ1) is 16.7. The van der Waals surface area contributed by atoms with Crippen LogP contribution in [0.1, 0.15) is 51.4 Å². The van der Waals surface area contributed by atoms with Crippen LogP contribution in [0.3, 0.4) is 0 Å². The van der Waals surface area contributed by atoms with Crippen LogP contribution < -0.4 is 0 Å². The minimum Gasteiger partial charge on any atom is -0.389 e. The molecule has 6 nitrogen and oxygen atoms in total. The fourth-order valence-electron chi connectivity index (χ4n) is 4.07. The van der Waals surface area contributed by atoms with E-state index in [2.05, 4.69) is 0 Å². The number of carbonyl (C=O) groups is 2. The Morgan fingerprint density at radius 1 is 1.04 bits per heavy atom. The van der Waals surface area contributed by atoms with Crippen LogP contribution in [0, 0.1) is 0 Å². The van der Waals surface area contributed by atoms with E-state index >= 15 is 0 Å². The van der Waals surface area contributed by atoms with Gasteiger partial charge in [-0.05, 0) is 32.1 Å². The van der Waals surface area contributed by atoms with E-state index in [-0.39, 0.29) is 24.3 Å². The Morgan fingerprint density at radius 2 is 1.74 bits per heavy atom. The molecule has 23 heavy (non-hydrogen) atoms. The number of aliphatic hydroxyl groups is 1. The Balaban J connectivity index is 1.65. The van der Waals surface area contributed by atoms with Crippen molar-refractivity contribution in [2.24, 2.45) is 0 Å². The highest BCUT2D eigenvalue weighted by molar-refractivity contribution is 5.88. The number of carbonyl (C=O) groups excluding carboxylic acids is 2. The van der Waals surface area contributed by atoms with Crippen LogP contribution in [0.4, 0.5) is 0 Å². The van der Waals surface area contributed by atoms with Gasteiger partial charge in [0, 0.05) is 19.6 Å². The second-order valence-electron chi connectivity index (χ2n) is 7.14. The molecule has 0 aromatic rings. The van der Waals surface area contributed by atoms with E-state index in [4.69, 9.17) is 4.74 Å². The molecule has 2 amide bonds. The lowest BCUT2D eigenvalue weighted by atomic mass is 9.94. The van der Waals surface area contributed by atoms with Gasteiger partial charge in [-0.2, -0.15) is 0 Å². The number of likely N-dealkylation sites (tertiary alicyclic amines) is 1. The monoisotopic (exact) mass is 324 g/mol. The maximum absolute atomic E-state index is 12.8. The van der Waals surface area contributed by atoms with Gasteiger partial charge in [0.05, 0.1) is 25.2 Å². The summed E-state index contributed by atoms with van der Waals surface area (Å²) in [5, 5.41) is 10.5. The van der Waals surface area contributed by atoms with Crippen molar-refractivity contribution >= 4 is 11.8 Å². The molecule has 0 aromatic carbocycles. The van der Waals surface area contributed by atoms with Crippen LogP contribution in [0.15, 0.2) is 0 Å². The number of hydrogen-bond donors (Lipinski definition) is 1. The zero-order valence-electron chi connectivity index (χ0n) is 13.8. The second-order valence-corrected chi connectivity index (χ2v) is 7.14. The molecule has 0 radical (unpaired) electrons. The molecule has 3 rings (SSSR count). The average Bonchev–Trinajstić information content (AvgIpc) is 3.01. The van der Waals surface area contributed by atoms with E-state index in [0.29, 0.717) is 45.7 Å². The molecule has 3 aliphatic rings. The summed E-state index contributed by atoms with van der Waals surface area (Å²) >= 11 is 0. The van der Waals surface area contributed by atoms with Crippen molar-refractivity contribution in [3.8, 4) is 0 Å². The summed E-state index contributed by atoms with van der Waals surface area (Å²) < 4.78 is 5.31. The lowest BCUT2D eigenvalue weighted by Crippen LogP contribution is -2.55. The van der Waals surface area contributed by atoms with Gasteiger partial charge in [0.15, 0.2) is 0 Å². The first-order valence-corrected chi connectivity index (χ1v) is 8.97. The fourth-order valence-corrected chi connectivity index (χ4v) is 4.07. The van der Waals surface area contributed by atoms with Gasteiger partial charge in [-0.25, -0.2) is 0 Å². The van der Waals surface area contributed by atoms with Crippen molar-refractivity contribution in [1.29, 1.82) is 0 Å². The summed E-state index contributed by atoms with van der Waals surface area (Å²) in [7, 11) is 0. The van der Waals surface area contributed by atoms with Crippen LogP contribution >= 0.6 is 0 Å². The molecule has 1 saturated carbocycles. The predicted molar refractivity (Wildman–Crippen MR) is 84.8 cm³/mol. The van der Waals surface area contributed by atoms with E-state index in [1.54, 1.807) is 4.90 Å². The standard InChI is InChI=1S/C17H28N2O4/c20-15(13-17(22)6-2-3-7-17)19-8-4-1-5-14(19)16(21)18-9-11-23-12-10-18/h14,22H,1-13H2/t14-/m0/s1. The number of amides is 2. The van der Waals surface area contributed by atoms with Crippen molar-refractivity contribution in [3.63, 3.8) is 0 Å². The lowest BCUT2D eigenvalue weighted by molar-refractivity contribution is -0.152. The SMILES string of the molecule is O=C([C@@H]1CCCCN1C(=O)CC1(O)CCCC1)N1CCOCC1. The lowest BCUT2D eigenvalue weighted by Gasteiger charge is -2.39. The summed E-state index contributed by atoms with van der Waals surface area (Å²) in [5.41, 5.74) is -0.846. The van der Waals surface area contributed by atoms with E-state index in [0.717, 1.165) is 32.1 Å². The third-order valence-corrected chi connectivity index (χ3v) is 5.45. The molecule has 130 valence electrons. The molecule has 2 saturated heterocycles. The smallest absolute Gasteiger partial charge is 0.245 e. The zero-order valence-corrected chi connectivity index (χ0v) is 13.8. The minimum absolute atomic E-state index is 0.0549. The summed E-state index contributed by atoms with van der Waals surface area (Å²) in [4.78, 5) is 29.1. The zero-order chi connectivity index (χ0) is 16.3. The summed E-state index contributed by atoms with van der Waals surface area (Å²) in [6.45, 7) is 3.01. The molecule has 2 heterocycles. The van der Waals surface area contributed by atoms with E-state index in [9.17, 15) is 14.7 Å². The Morgan fingerprint density at radius 3 is 2.43 bits per heavy atom. The molecule has 1 atom stereocenters. The van der Waals surface area contributed by atoms with Gasteiger partial charge in [-0.1, -0.05) is 12.8 Å². The molecular formula is C17H28N2O4. The van der Waals surface area contributed by atoms with Gasteiger partial charge in [0.2, 0.25) is 11.8 Å². The number of nitrogens with zero attached hydrogens (tertiary/aromatic N) is 2. The van der Waals surface area contributed by atoms with E-state index < -0.39 is 5.60 Å². The molecular weight excluding hydrogens is 296 g/mol. The van der Waals surface area contributed by atoms with Crippen molar-refractivity contribution in [1.82, 2.24) is 9.80 Å². The van der Waals surface area contributed by atoms with Crippen molar-refractivity contribution in [3.05, 3.63) is 0 Å². The summed E-state index contributed by atoms with van der Waals surface area (Å²) in [6, 6.07) is -0.348. The molecule has 0 spiro atoms. The topological polar surface area (TPSA) is 70.1 Å². The van der Waals surface area contributed by atoms with Crippen molar-refractivity contribution in [2.75, 3.05) is 32.8 Å². The summed E-state index contributed by atoms with van der Waals surface area (Å²) in [5.74, 6) is 0.000436. The van der Waals surface area contributed by atoms with E-state index in [1.165, 1.54) is 0 Å². The largest absolute Gasteiger partial charge is 0.389 e. The number of morpholine rings is 1. The first-order valence-electron chi connectivity index (χ1n) is 8.97. The maximum Gasteiger partial charge on any atom is 0.245 e. The molecule has 3 fully saturated rings. The van der Waals surface area contributed by atoms with Crippen molar-refractivity contribution in [2.45, 2.75) is 63.0 Å². The molecule has 0 aromatic heterocycles. The minimum atomic E-state index is -0.846. The molecule has 2 aliphatic heterocycles. The highest BCUT2D eigenvalue weighted by Gasteiger charge is 2.39. The van der Waals surface area contributed by atoms with Gasteiger partial charge in [0.25, 0.3) is 0 Å². The fraction of sp³-hybridized carbons (Fsp3) is 0.882. The Hall–Kier alpha value is -1.14. The second kappa shape index (κ2) is 7.18. The number of hydrogen-bond acceptors (Lipinski definition) is 4. The van der Waals surface area contributed by atoms with Gasteiger partial charge < -0.3 is 19.6 Å². The number of rotatable bonds is 3. The molecule has 1 aliphatic carbocycles. The normalized spacial score (nSPS) is 28.0. The summed E-state index contributed by atoms with van der Waals surface area (Å²) in [6.07, 6.45) is 6.20. The molecule has 0 bridgehead atoms. The third kappa shape index (κ3) is 3.86. The first-order chi connectivity index (χ1) is 11.1. The Kier molecular flexibility index (Phi) is 5.21. The van der Waals surface area contributed by atoms with Gasteiger partial charge in [0.1, 0.15) is 6.04 Å². The highest BCUT2D eigenvalue weighted by Crippen LogP contribution is 2.33. The predicted octanol–water partition coefficient (Wildman–Crippen LogP) is 0.921. The third-order valence-electron chi connectivity index (χ3n) is 5.45. The number of ether oxygens (including phenoxy) is 1. The maximum atomic E-state index is 12.8. The van der Waals surface area contributed by atoms with Crippen LogP contribution in [-0.4, -0.2) is 71.2 Å². The van der Waals surface area contributed by atoms with E-state index in [1.807, 2.05) is 4.90 Å². The molecule has 6 heteroatoms. The molecule has 1 N–H and O–H groups in total. The van der Waals surface area contributed by atoms with Crippen molar-refractivity contribution < 1.29 is 19.4 Å².